The topological polar surface area (TPSA) is 87.4 Å². The van der Waals surface area contributed by atoms with E-state index >= 15 is 0 Å². The van der Waals surface area contributed by atoms with Gasteiger partial charge in [0.15, 0.2) is 0 Å². The van der Waals surface area contributed by atoms with Gasteiger partial charge in [0.25, 0.3) is 11.5 Å². The number of ether oxygens (including phenoxy) is 2. The van der Waals surface area contributed by atoms with Gasteiger partial charge in [0, 0.05) is 33.5 Å². The van der Waals surface area contributed by atoms with Crippen molar-refractivity contribution < 1.29 is 14.3 Å². The number of hydrogen-bond acceptors (Lipinski definition) is 5. The molecule has 4 rings (SSSR count). The summed E-state index contributed by atoms with van der Waals surface area (Å²) in [6.45, 7) is 7.60. The Kier molecular flexibility index (Phi) is 8.05. The molecule has 9 heteroatoms. The van der Waals surface area contributed by atoms with Crippen molar-refractivity contribution in [2.75, 3.05) is 11.9 Å². The standard InChI is InChI=1S/C28H32N4O4Si/c1-31-15-9-14-24(28(31)34)30-27(33)26-29-19-25(32(26)20-35-16-17-37(2,3)4)21-10-8-13-23(18-21)36-22-11-6-5-7-12-22/h5-15,18-19H,16-17,20H2,1-4H3,(H,30,33). The van der Waals surface area contributed by atoms with Crippen LogP contribution < -0.4 is 15.6 Å². The zero-order valence-corrected chi connectivity index (χ0v) is 22.6. The second kappa shape index (κ2) is 11.4. The molecule has 1 amide bonds. The molecule has 1 N–H and O–H groups in total. The van der Waals surface area contributed by atoms with E-state index in [4.69, 9.17) is 9.47 Å². The average molecular weight is 517 g/mol. The first-order valence-corrected chi connectivity index (χ1v) is 15.9. The molecule has 8 nitrogen and oxygen atoms in total. The maximum atomic E-state index is 13.2. The Morgan fingerprint density at radius 2 is 1.76 bits per heavy atom. The summed E-state index contributed by atoms with van der Waals surface area (Å²) in [6, 6.07) is 21.4. The van der Waals surface area contributed by atoms with E-state index < -0.39 is 14.0 Å². The summed E-state index contributed by atoms with van der Waals surface area (Å²) in [6.07, 6.45) is 3.27. The predicted octanol–water partition coefficient (Wildman–Crippen LogP) is 5.61. The Morgan fingerprint density at radius 3 is 2.51 bits per heavy atom. The largest absolute Gasteiger partial charge is 0.457 e. The SMILES string of the molecule is Cn1cccc(NC(=O)c2ncc(-c3cccc(Oc4ccccc4)c3)n2COCC[Si](C)(C)C)c1=O. The lowest BCUT2D eigenvalue weighted by Crippen LogP contribution is -2.26. The maximum absolute atomic E-state index is 13.2. The number of nitrogens with zero attached hydrogens (tertiary/aromatic N) is 3. The molecule has 0 atom stereocenters. The van der Waals surface area contributed by atoms with E-state index in [0.29, 0.717) is 18.1 Å². The number of imidazole rings is 1. The molecule has 0 bridgehead atoms. The fourth-order valence-electron chi connectivity index (χ4n) is 3.67. The van der Waals surface area contributed by atoms with Crippen molar-refractivity contribution in [3.8, 4) is 22.8 Å². The lowest BCUT2D eigenvalue weighted by atomic mass is 10.1. The van der Waals surface area contributed by atoms with E-state index in [1.807, 2.05) is 54.6 Å². The highest BCUT2D eigenvalue weighted by molar-refractivity contribution is 6.76. The Bertz CT molecular complexity index is 1420. The van der Waals surface area contributed by atoms with E-state index in [9.17, 15) is 9.59 Å². The molecule has 2 heterocycles. The molecule has 37 heavy (non-hydrogen) atoms. The molecule has 0 unspecified atom stereocenters. The van der Waals surface area contributed by atoms with Gasteiger partial charge in [-0.2, -0.15) is 0 Å². The van der Waals surface area contributed by atoms with E-state index in [0.717, 1.165) is 17.4 Å². The van der Waals surface area contributed by atoms with Gasteiger partial charge in [0.1, 0.15) is 23.9 Å². The smallest absolute Gasteiger partial charge is 0.291 e. The minimum Gasteiger partial charge on any atom is -0.457 e. The van der Waals surface area contributed by atoms with Crippen molar-refractivity contribution in [3.63, 3.8) is 0 Å². The zero-order valence-electron chi connectivity index (χ0n) is 21.6. The first-order chi connectivity index (χ1) is 17.7. The third-order valence-electron chi connectivity index (χ3n) is 5.76. The number of para-hydroxylation sites is 1. The molecular weight excluding hydrogens is 484 g/mol. The molecular formula is C28H32N4O4Si. The molecule has 192 valence electrons. The number of anilines is 1. The van der Waals surface area contributed by atoms with Gasteiger partial charge in [-0.3, -0.25) is 14.2 Å². The molecule has 4 aromatic rings. The number of amides is 1. The first kappa shape index (κ1) is 26.1. The Balaban J connectivity index is 1.63. The van der Waals surface area contributed by atoms with Crippen LogP contribution in [-0.2, 0) is 18.5 Å². The lowest BCUT2D eigenvalue weighted by Gasteiger charge is -2.17. The number of nitrogens with one attached hydrogen (secondary N) is 1. The molecule has 0 aliphatic rings. The average Bonchev–Trinajstić information content (AvgIpc) is 3.29. The summed E-state index contributed by atoms with van der Waals surface area (Å²) in [5.74, 6) is 1.06. The molecule has 2 aromatic heterocycles. The van der Waals surface area contributed by atoms with Crippen LogP contribution >= 0.6 is 0 Å². The monoisotopic (exact) mass is 516 g/mol. The van der Waals surface area contributed by atoms with E-state index in [-0.39, 0.29) is 23.8 Å². The number of rotatable bonds is 10. The third-order valence-corrected chi connectivity index (χ3v) is 7.46. The number of benzene rings is 2. The minimum atomic E-state index is -1.28. The Labute approximate surface area is 217 Å². The highest BCUT2D eigenvalue weighted by atomic mass is 28.3. The van der Waals surface area contributed by atoms with E-state index in [1.165, 1.54) is 4.57 Å². The first-order valence-electron chi connectivity index (χ1n) is 12.1. The summed E-state index contributed by atoms with van der Waals surface area (Å²) < 4.78 is 15.1. The van der Waals surface area contributed by atoms with Crippen molar-refractivity contribution in [2.24, 2.45) is 7.05 Å². The zero-order chi connectivity index (χ0) is 26.4. The summed E-state index contributed by atoms with van der Waals surface area (Å²) in [7, 11) is 0.351. The quantitative estimate of drug-likeness (QED) is 0.219. The number of pyridine rings is 1. The molecule has 2 aromatic carbocycles. The fourth-order valence-corrected chi connectivity index (χ4v) is 4.42. The van der Waals surface area contributed by atoms with Crippen LogP contribution in [0.5, 0.6) is 11.5 Å². The van der Waals surface area contributed by atoms with Crippen molar-refractivity contribution in [1.29, 1.82) is 0 Å². The van der Waals surface area contributed by atoms with Gasteiger partial charge in [-0.1, -0.05) is 50.0 Å². The van der Waals surface area contributed by atoms with Crippen LogP contribution in [0.3, 0.4) is 0 Å². The van der Waals surface area contributed by atoms with Gasteiger partial charge in [0.2, 0.25) is 5.82 Å². The fraction of sp³-hybridized carbons (Fsp3) is 0.250. The van der Waals surface area contributed by atoms with Crippen LogP contribution in [0.1, 0.15) is 10.6 Å². The number of aryl methyl sites for hydroxylation is 1. The van der Waals surface area contributed by atoms with Crippen LogP contribution in [0.25, 0.3) is 11.3 Å². The summed E-state index contributed by atoms with van der Waals surface area (Å²) in [5, 5.41) is 2.70. The van der Waals surface area contributed by atoms with Gasteiger partial charge in [-0.15, -0.1) is 0 Å². The number of carbonyl (C=O) groups is 1. The van der Waals surface area contributed by atoms with Gasteiger partial charge >= 0.3 is 0 Å². The summed E-state index contributed by atoms with van der Waals surface area (Å²) in [4.78, 5) is 30.1. The van der Waals surface area contributed by atoms with Crippen LogP contribution in [0.2, 0.25) is 25.7 Å². The molecule has 0 fully saturated rings. The maximum Gasteiger partial charge on any atom is 0.291 e. The van der Waals surface area contributed by atoms with Crippen molar-refractivity contribution in [3.05, 3.63) is 95.3 Å². The number of carbonyl (C=O) groups excluding carboxylic acids is 1. The summed E-state index contributed by atoms with van der Waals surface area (Å²) in [5.41, 5.74) is 1.41. The van der Waals surface area contributed by atoms with Crippen LogP contribution in [0.15, 0.2) is 83.9 Å². The van der Waals surface area contributed by atoms with E-state index in [2.05, 4.69) is 29.9 Å². The van der Waals surface area contributed by atoms with Crippen LogP contribution in [0.4, 0.5) is 5.69 Å². The predicted molar refractivity (Wildman–Crippen MR) is 148 cm³/mol. The molecule has 0 aliphatic carbocycles. The minimum absolute atomic E-state index is 0.152. The van der Waals surface area contributed by atoms with Gasteiger partial charge in [0.05, 0.1) is 11.9 Å². The van der Waals surface area contributed by atoms with E-state index in [1.54, 1.807) is 36.1 Å². The molecule has 0 radical (unpaired) electrons. The summed E-state index contributed by atoms with van der Waals surface area (Å²) >= 11 is 0. The van der Waals surface area contributed by atoms with Crippen LogP contribution in [-0.4, -0.2) is 34.7 Å². The van der Waals surface area contributed by atoms with Gasteiger partial charge in [-0.25, -0.2) is 4.98 Å². The highest BCUT2D eigenvalue weighted by Gasteiger charge is 2.20. The van der Waals surface area contributed by atoms with Gasteiger partial charge in [-0.05, 0) is 42.4 Å². The number of hydrogen-bond donors (Lipinski definition) is 1. The lowest BCUT2D eigenvalue weighted by molar-refractivity contribution is 0.0817. The second-order valence-corrected chi connectivity index (χ2v) is 15.6. The Hall–Kier alpha value is -3.95. The van der Waals surface area contributed by atoms with Crippen molar-refractivity contribution in [1.82, 2.24) is 14.1 Å². The molecule has 0 spiro atoms. The second-order valence-electron chi connectivity index (χ2n) is 9.98. The molecule has 0 aliphatic heterocycles. The third kappa shape index (κ3) is 6.84. The molecule has 0 saturated carbocycles. The van der Waals surface area contributed by atoms with Crippen molar-refractivity contribution >= 4 is 19.7 Å². The Morgan fingerprint density at radius 1 is 1.00 bits per heavy atom. The highest BCUT2D eigenvalue weighted by Crippen LogP contribution is 2.28. The van der Waals surface area contributed by atoms with Gasteiger partial charge < -0.3 is 19.4 Å². The molecule has 0 saturated heterocycles. The van der Waals surface area contributed by atoms with Crippen LogP contribution in [0, 0.1) is 0 Å². The number of aromatic nitrogens is 3. The van der Waals surface area contributed by atoms with Crippen molar-refractivity contribution in [2.45, 2.75) is 32.4 Å². The normalized spacial score (nSPS) is 11.4.